The average Bonchev–Trinajstić information content (AvgIpc) is 2.19. The van der Waals surface area contributed by atoms with Gasteiger partial charge in [0.2, 0.25) is 6.08 Å². The largest absolute Gasteiger partial charge is 0.264 e. The molecule has 0 atom stereocenters. The molecule has 0 saturated heterocycles. The van der Waals surface area contributed by atoms with Crippen LogP contribution < -0.4 is 0 Å². The number of benzene rings is 1. The normalized spacial score (nSPS) is 9.54. The van der Waals surface area contributed by atoms with Gasteiger partial charge >= 0.3 is 0 Å². The molecule has 0 spiro atoms. The summed E-state index contributed by atoms with van der Waals surface area (Å²) in [7, 11) is 0. The summed E-state index contributed by atoms with van der Waals surface area (Å²) in [6, 6.07) is 7.42. The molecule has 0 saturated carbocycles. The van der Waals surface area contributed by atoms with Crippen molar-refractivity contribution in [1.82, 2.24) is 4.98 Å². The van der Waals surface area contributed by atoms with Gasteiger partial charge in [0.1, 0.15) is 0 Å². The molecule has 3 nitrogen and oxygen atoms in total. The summed E-state index contributed by atoms with van der Waals surface area (Å²) >= 11 is 0. The first-order chi connectivity index (χ1) is 6.42. The predicted octanol–water partition coefficient (Wildman–Crippen LogP) is 2.20. The van der Waals surface area contributed by atoms with E-state index in [1.165, 1.54) is 6.08 Å². The van der Waals surface area contributed by atoms with E-state index in [4.69, 9.17) is 0 Å². The smallest absolute Gasteiger partial charge is 0.240 e. The van der Waals surface area contributed by atoms with Gasteiger partial charge in [0.15, 0.2) is 0 Å². The molecule has 0 fully saturated rings. The quantitative estimate of drug-likeness (QED) is 0.486. The number of aromatic nitrogens is 1. The Hall–Kier alpha value is -1.99. The van der Waals surface area contributed by atoms with Gasteiger partial charge in [-0.15, -0.1) is 0 Å². The highest BCUT2D eigenvalue weighted by Gasteiger charge is 1.97. The fraction of sp³-hybridized carbons (Fsp3) is 0. The van der Waals surface area contributed by atoms with Crippen LogP contribution in [0.15, 0.2) is 41.7 Å². The molecule has 0 N–H and O–H groups in total. The maximum absolute atomic E-state index is 10.1. The zero-order valence-corrected chi connectivity index (χ0v) is 6.77. The van der Waals surface area contributed by atoms with Crippen molar-refractivity contribution >= 4 is 22.5 Å². The molecule has 0 aliphatic rings. The van der Waals surface area contributed by atoms with Crippen molar-refractivity contribution in [2.75, 3.05) is 0 Å². The molecule has 0 bridgehead atoms. The lowest BCUT2D eigenvalue weighted by Gasteiger charge is -1.97. The van der Waals surface area contributed by atoms with Crippen molar-refractivity contribution in [2.45, 2.75) is 0 Å². The van der Waals surface area contributed by atoms with E-state index in [0.717, 1.165) is 10.8 Å². The van der Waals surface area contributed by atoms with Crippen LogP contribution in [-0.2, 0) is 4.79 Å². The van der Waals surface area contributed by atoms with Gasteiger partial charge in [-0.2, -0.15) is 4.99 Å². The first kappa shape index (κ1) is 7.65. The Balaban J connectivity index is 2.82. The van der Waals surface area contributed by atoms with Crippen LogP contribution in [0.3, 0.4) is 0 Å². The minimum absolute atomic E-state index is 0.612. The number of isocyanates is 1. The van der Waals surface area contributed by atoms with Crippen LogP contribution in [0.2, 0.25) is 0 Å². The summed E-state index contributed by atoms with van der Waals surface area (Å²) in [4.78, 5) is 17.7. The van der Waals surface area contributed by atoms with E-state index in [-0.39, 0.29) is 0 Å². The summed E-state index contributed by atoms with van der Waals surface area (Å²) in [5.41, 5.74) is 0.612. The maximum Gasteiger partial charge on any atom is 0.240 e. The minimum atomic E-state index is 0.612. The predicted molar refractivity (Wildman–Crippen MR) is 49.5 cm³/mol. The summed E-state index contributed by atoms with van der Waals surface area (Å²) in [5.74, 6) is 0. The molecule has 0 radical (unpaired) electrons. The van der Waals surface area contributed by atoms with Gasteiger partial charge in [0.25, 0.3) is 0 Å². The molecule has 13 heavy (non-hydrogen) atoms. The SMILES string of the molecule is O=C=Nc1cccc2ccncc12. The first-order valence-corrected chi connectivity index (χ1v) is 3.82. The Morgan fingerprint density at radius 2 is 2.23 bits per heavy atom. The van der Waals surface area contributed by atoms with Gasteiger partial charge in [-0.05, 0) is 17.5 Å². The highest BCUT2D eigenvalue weighted by Crippen LogP contribution is 2.23. The van der Waals surface area contributed by atoms with Crippen molar-refractivity contribution in [2.24, 2.45) is 4.99 Å². The number of pyridine rings is 1. The van der Waals surface area contributed by atoms with E-state index in [1.54, 1.807) is 18.5 Å². The Labute approximate surface area is 74.8 Å². The number of fused-ring (bicyclic) bond motifs is 1. The van der Waals surface area contributed by atoms with Crippen LogP contribution in [0.5, 0.6) is 0 Å². The third-order valence-corrected chi connectivity index (χ3v) is 1.83. The zero-order valence-electron chi connectivity index (χ0n) is 6.77. The number of carbonyl (C=O) groups excluding carboxylic acids is 1. The zero-order chi connectivity index (χ0) is 9.10. The highest BCUT2D eigenvalue weighted by molar-refractivity contribution is 5.92. The molecule has 1 aromatic carbocycles. The molecule has 2 rings (SSSR count). The van der Waals surface area contributed by atoms with Gasteiger partial charge in [0, 0.05) is 17.8 Å². The van der Waals surface area contributed by atoms with Crippen molar-refractivity contribution in [3.8, 4) is 0 Å². The fourth-order valence-corrected chi connectivity index (χ4v) is 1.24. The van der Waals surface area contributed by atoms with Crippen molar-refractivity contribution in [1.29, 1.82) is 0 Å². The molecule has 2 aromatic rings. The molecular formula is C10H6N2O. The van der Waals surface area contributed by atoms with E-state index in [1.807, 2.05) is 18.2 Å². The van der Waals surface area contributed by atoms with E-state index < -0.39 is 0 Å². The second-order valence-electron chi connectivity index (χ2n) is 2.58. The highest BCUT2D eigenvalue weighted by atomic mass is 16.1. The van der Waals surface area contributed by atoms with Gasteiger partial charge in [-0.25, -0.2) is 4.79 Å². The van der Waals surface area contributed by atoms with Crippen LogP contribution in [0.4, 0.5) is 5.69 Å². The second kappa shape index (κ2) is 3.17. The van der Waals surface area contributed by atoms with Crippen molar-refractivity contribution in [3.63, 3.8) is 0 Å². The number of aliphatic imine (C=N–C) groups is 1. The maximum atomic E-state index is 10.1. The number of rotatable bonds is 1. The van der Waals surface area contributed by atoms with E-state index in [0.29, 0.717) is 5.69 Å². The summed E-state index contributed by atoms with van der Waals surface area (Å²) in [5, 5.41) is 1.89. The Morgan fingerprint density at radius 1 is 1.31 bits per heavy atom. The molecule has 0 aliphatic carbocycles. The number of hydrogen-bond acceptors (Lipinski definition) is 3. The Bertz CT molecular complexity index is 482. The van der Waals surface area contributed by atoms with E-state index in [2.05, 4.69) is 9.98 Å². The summed E-state index contributed by atoms with van der Waals surface area (Å²) < 4.78 is 0. The summed E-state index contributed by atoms with van der Waals surface area (Å²) in [6.45, 7) is 0. The van der Waals surface area contributed by atoms with Gasteiger partial charge < -0.3 is 0 Å². The van der Waals surface area contributed by atoms with Gasteiger partial charge in [-0.3, -0.25) is 4.98 Å². The molecule has 3 heteroatoms. The molecule has 1 heterocycles. The Morgan fingerprint density at radius 3 is 3.08 bits per heavy atom. The van der Waals surface area contributed by atoms with Crippen molar-refractivity contribution in [3.05, 3.63) is 36.7 Å². The van der Waals surface area contributed by atoms with Crippen LogP contribution in [0, 0.1) is 0 Å². The third-order valence-electron chi connectivity index (χ3n) is 1.83. The van der Waals surface area contributed by atoms with Crippen LogP contribution in [0.25, 0.3) is 10.8 Å². The molecule has 0 amide bonds. The lowest BCUT2D eigenvalue weighted by molar-refractivity contribution is 0.565. The minimum Gasteiger partial charge on any atom is -0.264 e. The summed E-state index contributed by atoms with van der Waals surface area (Å²) in [6.07, 6.45) is 4.91. The van der Waals surface area contributed by atoms with Crippen molar-refractivity contribution < 1.29 is 4.79 Å². The van der Waals surface area contributed by atoms with E-state index in [9.17, 15) is 4.79 Å². The molecule has 62 valence electrons. The van der Waals surface area contributed by atoms with E-state index >= 15 is 0 Å². The van der Waals surface area contributed by atoms with Crippen LogP contribution >= 0.6 is 0 Å². The molecule has 0 unspecified atom stereocenters. The number of hydrogen-bond donors (Lipinski definition) is 0. The lowest BCUT2D eigenvalue weighted by Crippen LogP contribution is -1.75. The monoisotopic (exact) mass is 170 g/mol. The number of nitrogens with zero attached hydrogens (tertiary/aromatic N) is 2. The fourth-order valence-electron chi connectivity index (χ4n) is 1.24. The molecule has 1 aromatic heterocycles. The third kappa shape index (κ3) is 1.33. The Kier molecular flexibility index (Phi) is 1.87. The van der Waals surface area contributed by atoms with Crippen LogP contribution in [0.1, 0.15) is 0 Å². The second-order valence-corrected chi connectivity index (χ2v) is 2.58. The topological polar surface area (TPSA) is 42.3 Å². The van der Waals surface area contributed by atoms with Gasteiger partial charge in [0.05, 0.1) is 5.69 Å². The lowest BCUT2D eigenvalue weighted by atomic mass is 10.1. The molecule has 0 aliphatic heterocycles. The molecular weight excluding hydrogens is 164 g/mol. The van der Waals surface area contributed by atoms with Gasteiger partial charge in [-0.1, -0.05) is 12.1 Å². The van der Waals surface area contributed by atoms with Crippen LogP contribution in [-0.4, -0.2) is 11.1 Å². The average molecular weight is 170 g/mol. The first-order valence-electron chi connectivity index (χ1n) is 3.82. The standard InChI is InChI=1S/C10H6N2O/c13-7-12-10-3-1-2-8-4-5-11-6-9(8)10/h1-6H.